The van der Waals surface area contributed by atoms with Crippen LogP contribution in [0.25, 0.3) is 0 Å². The zero-order chi connectivity index (χ0) is 15.9. The van der Waals surface area contributed by atoms with Crippen LogP contribution < -0.4 is 10.6 Å². The summed E-state index contributed by atoms with van der Waals surface area (Å²) in [5, 5.41) is 5.98. The number of hydrogen-bond acceptors (Lipinski definition) is 3. The molecule has 0 saturated carbocycles. The van der Waals surface area contributed by atoms with Crippen LogP contribution in [-0.2, 0) is 11.3 Å². The standard InChI is InChI=1S/C16H15ClN2O3/c1-22-15(20)13-4-2-3-5-14(13)19-16(21)18-10-11-6-8-12(17)9-7-11/h2-9H,10H2,1H3,(H2,18,19,21). The van der Waals surface area contributed by atoms with Gasteiger partial charge in [0.15, 0.2) is 0 Å². The lowest BCUT2D eigenvalue weighted by Gasteiger charge is -2.10. The van der Waals surface area contributed by atoms with Crippen molar-refractivity contribution in [2.45, 2.75) is 6.54 Å². The van der Waals surface area contributed by atoms with Crippen molar-refractivity contribution in [3.8, 4) is 0 Å². The molecule has 2 rings (SSSR count). The molecule has 6 heteroatoms. The summed E-state index contributed by atoms with van der Waals surface area (Å²) in [7, 11) is 1.29. The molecule has 0 saturated heterocycles. The zero-order valence-electron chi connectivity index (χ0n) is 11.9. The quantitative estimate of drug-likeness (QED) is 0.848. The number of urea groups is 1. The molecule has 0 aliphatic heterocycles. The van der Waals surface area contributed by atoms with E-state index in [1.807, 2.05) is 12.1 Å². The number of benzene rings is 2. The summed E-state index contributed by atoms with van der Waals surface area (Å²) in [6, 6.07) is 13.4. The van der Waals surface area contributed by atoms with Crippen LogP contribution in [0, 0.1) is 0 Å². The second-order valence-corrected chi connectivity index (χ2v) is 4.91. The molecule has 22 heavy (non-hydrogen) atoms. The Labute approximate surface area is 133 Å². The minimum Gasteiger partial charge on any atom is -0.465 e. The Morgan fingerprint density at radius 2 is 1.77 bits per heavy atom. The molecule has 0 unspecified atom stereocenters. The lowest BCUT2D eigenvalue weighted by atomic mass is 10.2. The van der Waals surface area contributed by atoms with Crippen molar-refractivity contribution in [3.05, 3.63) is 64.7 Å². The fourth-order valence-corrected chi connectivity index (χ4v) is 1.96. The number of esters is 1. The van der Waals surface area contributed by atoms with Gasteiger partial charge in [0.25, 0.3) is 0 Å². The predicted molar refractivity (Wildman–Crippen MR) is 85.1 cm³/mol. The van der Waals surface area contributed by atoms with Gasteiger partial charge >= 0.3 is 12.0 Å². The first-order valence-corrected chi connectivity index (χ1v) is 6.94. The first kappa shape index (κ1) is 15.9. The fraction of sp³-hybridized carbons (Fsp3) is 0.125. The molecule has 0 aromatic heterocycles. The molecular formula is C16H15ClN2O3. The van der Waals surface area contributed by atoms with E-state index in [9.17, 15) is 9.59 Å². The van der Waals surface area contributed by atoms with Gasteiger partial charge in [-0.05, 0) is 29.8 Å². The maximum Gasteiger partial charge on any atom is 0.339 e. The Morgan fingerprint density at radius 1 is 1.09 bits per heavy atom. The van der Waals surface area contributed by atoms with Crippen LogP contribution in [-0.4, -0.2) is 19.1 Å². The Balaban J connectivity index is 1.97. The second kappa shape index (κ2) is 7.47. The number of amides is 2. The predicted octanol–water partition coefficient (Wildman–Crippen LogP) is 3.45. The van der Waals surface area contributed by atoms with Gasteiger partial charge in [0.05, 0.1) is 18.4 Å². The van der Waals surface area contributed by atoms with Gasteiger partial charge < -0.3 is 15.4 Å². The maximum absolute atomic E-state index is 11.9. The molecule has 2 amide bonds. The number of methoxy groups -OCH3 is 1. The molecule has 2 aromatic rings. The highest BCUT2D eigenvalue weighted by atomic mass is 35.5. The van der Waals surface area contributed by atoms with Crippen LogP contribution >= 0.6 is 11.6 Å². The number of carbonyl (C=O) groups is 2. The number of carbonyl (C=O) groups excluding carboxylic acids is 2. The zero-order valence-corrected chi connectivity index (χ0v) is 12.7. The Morgan fingerprint density at radius 3 is 2.45 bits per heavy atom. The number of para-hydroxylation sites is 1. The summed E-state index contributed by atoms with van der Waals surface area (Å²) >= 11 is 5.80. The normalized spacial score (nSPS) is 9.91. The van der Waals surface area contributed by atoms with E-state index < -0.39 is 12.0 Å². The highest BCUT2D eigenvalue weighted by molar-refractivity contribution is 6.30. The minimum atomic E-state index is -0.506. The Bertz CT molecular complexity index is 671. The van der Waals surface area contributed by atoms with Crippen LogP contribution in [0.15, 0.2) is 48.5 Å². The van der Waals surface area contributed by atoms with Crippen molar-refractivity contribution >= 4 is 29.3 Å². The van der Waals surface area contributed by atoms with Crippen LogP contribution in [0.4, 0.5) is 10.5 Å². The molecule has 0 aliphatic rings. The van der Waals surface area contributed by atoms with Crippen molar-refractivity contribution in [3.63, 3.8) is 0 Å². The molecule has 2 N–H and O–H groups in total. The molecule has 0 heterocycles. The molecule has 0 radical (unpaired) electrons. The highest BCUT2D eigenvalue weighted by Gasteiger charge is 2.12. The van der Waals surface area contributed by atoms with Crippen molar-refractivity contribution < 1.29 is 14.3 Å². The third-order valence-electron chi connectivity index (χ3n) is 2.95. The van der Waals surface area contributed by atoms with Gasteiger partial charge in [-0.2, -0.15) is 0 Å². The first-order valence-electron chi connectivity index (χ1n) is 6.57. The van der Waals surface area contributed by atoms with E-state index >= 15 is 0 Å². The summed E-state index contributed by atoms with van der Waals surface area (Å²) in [4.78, 5) is 23.5. The lowest BCUT2D eigenvalue weighted by molar-refractivity contribution is 0.0602. The third kappa shape index (κ3) is 4.23. The number of hydrogen-bond donors (Lipinski definition) is 2. The molecule has 114 valence electrons. The average molecular weight is 319 g/mol. The summed E-state index contributed by atoms with van der Waals surface area (Å²) in [6.07, 6.45) is 0. The summed E-state index contributed by atoms with van der Waals surface area (Å²) in [5.74, 6) is -0.506. The van der Waals surface area contributed by atoms with E-state index in [4.69, 9.17) is 11.6 Å². The maximum atomic E-state index is 11.9. The monoisotopic (exact) mass is 318 g/mol. The minimum absolute atomic E-state index is 0.298. The van der Waals surface area contributed by atoms with Crippen LogP contribution in [0.5, 0.6) is 0 Å². The van der Waals surface area contributed by atoms with Gasteiger partial charge in [0.1, 0.15) is 0 Å². The van der Waals surface area contributed by atoms with Crippen molar-refractivity contribution in [1.29, 1.82) is 0 Å². The topological polar surface area (TPSA) is 67.4 Å². The second-order valence-electron chi connectivity index (χ2n) is 4.47. The molecular weight excluding hydrogens is 304 g/mol. The number of ether oxygens (including phenoxy) is 1. The number of anilines is 1. The molecule has 2 aromatic carbocycles. The number of rotatable bonds is 4. The van der Waals surface area contributed by atoms with Gasteiger partial charge in [-0.15, -0.1) is 0 Å². The molecule has 0 bridgehead atoms. The van der Waals surface area contributed by atoms with Gasteiger partial charge in [-0.1, -0.05) is 35.9 Å². The van der Waals surface area contributed by atoms with E-state index in [2.05, 4.69) is 15.4 Å². The lowest BCUT2D eigenvalue weighted by Crippen LogP contribution is -2.29. The molecule has 0 fully saturated rings. The molecule has 5 nitrogen and oxygen atoms in total. The smallest absolute Gasteiger partial charge is 0.339 e. The van der Waals surface area contributed by atoms with Gasteiger partial charge in [0, 0.05) is 11.6 Å². The Kier molecular flexibility index (Phi) is 5.38. The molecule has 0 aliphatic carbocycles. The Hall–Kier alpha value is -2.53. The van der Waals surface area contributed by atoms with E-state index in [1.54, 1.807) is 36.4 Å². The van der Waals surface area contributed by atoms with Crippen LogP contribution in [0.3, 0.4) is 0 Å². The summed E-state index contributed by atoms with van der Waals surface area (Å²) < 4.78 is 4.68. The average Bonchev–Trinajstić information content (AvgIpc) is 2.54. The van der Waals surface area contributed by atoms with Crippen molar-refractivity contribution in [2.24, 2.45) is 0 Å². The van der Waals surface area contributed by atoms with Gasteiger partial charge in [-0.3, -0.25) is 0 Å². The highest BCUT2D eigenvalue weighted by Crippen LogP contribution is 2.16. The third-order valence-corrected chi connectivity index (χ3v) is 3.20. The van der Waals surface area contributed by atoms with E-state index in [1.165, 1.54) is 7.11 Å². The summed E-state index contributed by atoms with van der Waals surface area (Å²) in [6.45, 7) is 0.351. The van der Waals surface area contributed by atoms with Crippen LogP contribution in [0.1, 0.15) is 15.9 Å². The van der Waals surface area contributed by atoms with Crippen LogP contribution in [0.2, 0.25) is 5.02 Å². The van der Waals surface area contributed by atoms with Gasteiger partial charge in [-0.25, -0.2) is 9.59 Å². The largest absolute Gasteiger partial charge is 0.465 e. The van der Waals surface area contributed by atoms with E-state index in [0.29, 0.717) is 22.8 Å². The molecule has 0 spiro atoms. The number of halogens is 1. The van der Waals surface area contributed by atoms with E-state index in [-0.39, 0.29) is 0 Å². The van der Waals surface area contributed by atoms with Crippen molar-refractivity contribution in [1.82, 2.24) is 5.32 Å². The van der Waals surface area contributed by atoms with E-state index in [0.717, 1.165) is 5.56 Å². The summed E-state index contributed by atoms with van der Waals surface area (Å²) in [5.41, 5.74) is 1.61. The van der Waals surface area contributed by atoms with Gasteiger partial charge in [0.2, 0.25) is 0 Å². The number of nitrogens with one attached hydrogen (secondary N) is 2. The fourth-order valence-electron chi connectivity index (χ4n) is 1.83. The van der Waals surface area contributed by atoms with Crippen molar-refractivity contribution in [2.75, 3.05) is 12.4 Å². The SMILES string of the molecule is COC(=O)c1ccccc1NC(=O)NCc1ccc(Cl)cc1. The molecule has 0 atom stereocenters. The first-order chi connectivity index (χ1) is 10.6.